The van der Waals surface area contributed by atoms with Crippen molar-refractivity contribution in [1.82, 2.24) is 0 Å². The molecule has 1 fully saturated rings. The van der Waals surface area contributed by atoms with Gasteiger partial charge >= 0.3 is 0 Å². The van der Waals surface area contributed by atoms with Crippen molar-refractivity contribution in [3.63, 3.8) is 0 Å². The highest BCUT2D eigenvalue weighted by atomic mass is 35.5. The maximum Gasteiger partial charge on any atom is 0.228 e. The van der Waals surface area contributed by atoms with Crippen molar-refractivity contribution in [1.29, 1.82) is 0 Å². The van der Waals surface area contributed by atoms with Gasteiger partial charge in [0.15, 0.2) is 11.6 Å². The van der Waals surface area contributed by atoms with Gasteiger partial charge in [0.05, 0.1) is 18.2 Å². The first kappa shape index (κ1) is 11.2. The fourth-order valence-electron chi connectivity index (χ4n) is 1.76. The van der Waals surface area contributed by atoms with Crippen molar-refractivity contribution in [3.8, 4) is 5.75 Å². The van der Waals surface area contributed by atoms with Crippen LogP contribution in [-0.2, 0) is 4.79 Å². The molecular weight excluding hydrogens is 233 g/mol. The summed E-state index contributed by atoms with van der Waals surface area (Å²) >= 11 is 5.86. The van der Waals surface area contributed by atoms with Crippen LogP contribution in [0.4, 0.5) is 10.1 Å². The van der Waals surface area contributed by atoms with Gasteiger partial charge in [-0.3, -0.25) is 4.79 Å². The molecule has 0 N–H and O–H groups in total. The van der Waals surface area contributed by atoms with Crippen molar-refractivity contribution in [3.05, 3.63) is 24.0 Å². The third-order valence-electron chi connectivity index (χ3n) is 2.53. The molecule has 1 atom stereocenters. The number of hydrogen-bond acceptors (Lipinski definition) is 2. The highest BCUT2D eigenvalue weighted by Gasteiger charge is 2.31. The predicted octanol–water partition coefficient (Wildman–Crippen LogP) is 2.18. The summed E-state index contributed by atoms with van der Waals surface area (Å²) in [5, 5.41) is -0.252. The summed E-state index contributed by atoms with van der Waals surface area (Å²) in [6.07, 6.45) is 0.248. The molecule has 5 heteroatoms. The molecule has 1 aliphatic heterocycles. The number of rotatable bonds is 2. The lowest BCUT2D eigenvalue weighted by Gasteiger charge is -2.17. The number of anilines is 1. The Kier molecular flexibility index (Phi) is 3.01. The number of alkyl halides is 1. The maximum atomic E-state index is 13.9. The smallest absolute Gasteiger partial charge is 0.228 e. The van der Waals surface area contributed by atoms with Crippen LogP contribution in [-0.4, -0.2) is 24.9 Å². The van der Waals surface area contributed by atoms with Crippen LogP contribution in [0.2, 0.25) is 0 Å². The number of carbonyl (C=O) groups is 1. The second kappa shape index (κ2) is 4.29. The molecule has 0 bridgehead atoms. The number of amides is 1. The zero-order chi connectivity index (χ0) is 11.7. The molecule has 0 spiro atoms. The van der Waals surface area contributed by atoms with E-state index in [0.717, 1.165) is 0 Å². The quantitative estimate of drug-likeness (QED) is 0.745. The summed E-state index contributed by atoms with van der Waals surface area (Å²) in [5.41, 5.74) is 0.229. The number of methoxy groups -OCH3 is 1. The Balaban J connectivity index is 2.37. The number of hydrogen-bond donors (Lipinski definition) is 0. The van der Waals surface area contributed by atoms with Gasteiger partial charge in [0.1, 0.15) is 0 Å². The van der Waals surface area contributed by atoms with Crippen molar-refractivity contribution in [2.24, 2.45) is 0 Å². The first-order valence-electron chi connectivity index (χ1n) is 4.90. The number of benzene rings is 1. The van der Waals surface area contributed by atoms with Crippen LogP contribution in [0, 0.1) is 5.82 Å². The summed E-state index contributed by atoms with van der Waals surface area (Å²) in [6, 6.07) is 4.70. The van der Waals surface area contributed by atoms with Gasteiger partial charge in [-0.1, -0.05) is 6.07 Å². The number of nitrogens with zero attached hydrogens (tertiary/aromatic N) is 1. The fraction of sp³-hybridized carbons (Fsp3) is 0.364. The summed E-state index contributed by atoms with van der Waals surface area (Å²) < 4.78 is 18.7. The second-order valence-electron chi connectivity index (χ2n) is 3.60. The molecular formula is C11H11ClFNO2. The van der Waals surface area contributed by atoms with Crippen molar-refractivity contribution in [2.45, 2.75) is 11.8 Å². The van der Waals surface area contributed by atoms with Gasteiger partial charge in [-0.15, -0.1) is 11.6 Å². The minimum absolute atomic E-state index is 0.128. The van der Waals surface area contributed by atoms with Crippen LogP contribution >= 0.6 is 11.6 Å². The van der Waals surface area contributed by atoms with Gasteiger partial charge in [-0.2, -0.15) is 0 Å². The first-order chi connectivity index (χ1) is 7.63. The van der Waals surface area contributed by atoms with Crippen LogP contribution < -0.4 is 9.64 Å². The molecule has 1 unspecified atom stereocenters. The Morgan fingerprint density at radius 3 is 2.88 bits per heavy atom. The number of ether oxygens (including phenoxy) is 1. The lowest BCUT2D eigenvalue weighted by atomic mass is 10.2. The van der Waals surface area contributed by atoms with Crippen LogP contribution in [0.5, 0.6) is 5.75 Å². The largest absolute Gasteiger partial charge is 0.494 e. The van der Waals surface area contributed by atoms with Crippen LogP contribution in [0.15, 0.2) is 18.2 Å². The molecule has 1 aromatic rings. The monoisotopic (exact) mass is 243 g/mol. The topological polar surface area (TPSA) is 29.5 Å². The number of carbonyl (C=O) groups excluding carboxylic acids is 1. The Hall–Kier alpha value is -1.29. The summed E-state index contributed by atoms with van der Waals surface area (Å²) in [4.78, 5) is 12.9. The molecule has 1 amide bonds. The van der Waals surface area contributed by atoms with Gasteiger partial charge in [0, 0.05) is 13.0 Å². The first-order valence-corrected chi connectivity index (χ1v) is 5.34. The maximum absolute atomic E-state index is 13.9. The normalized spacial score (nSPS) is 20.3. The molecule has 0 aromatic heterocycles. The van der Waals surface area contributed by atoms with Crippen molar-refractivity contribution < 1.29 is 13.9 Å². The summed E-state index contributed by atoms with van der Waals surface area (Å²) in [5.74, 6) is -0.556. The van der Waals surface area contributed by atoms with Gasteiger partial charge in [0.2, 0.25) is 5.91 Å². The average Bonchev–Trinajstić information content (AvgIpc) is 2.58. The highest BCUT2D eigenvalue weighted by Crippen LogP contribution is 2.31. The van der Waals surface area contributed by atoms with E-state index in [1.54, 1.807) is 12.1 Å². The van der Waals surface area contributed by atoms with E-state index < -0.39 is 5.82 Å². The molecule has 86 valence electrons. The van der Waals surface area contributed by atoms with Gasteiger partial charge in [-0.05, 0) is 12.1 Å². The van der Waals surface area contributed by atoms with Gasteiger partial charge < -0.3 is 9.64 Å². The fourth-order valence-corrected chi connectivity index (χ4v) is 2.03. The molecule has 16 heavy (non-hydrogen) atoms. The Bertz CT molecular complexity index is 424. The average molecular weight is 244 g/mol. The molecule has 0 radical (unpaired) electrons. The van der Waals surface area contributed by atoms with E-state index in [9.17, 15) is 9.18 Å². The third-order valence-corrected chi connectivity index (χ3v) is 2.82. The minimum Gasteiger partial charge on any atom is -0.494 e. The molecule has 1 aliphatic rings. The Morgan fingerprint density at radius 2 is 2.31 bits per heavy atom. The zero-order valence-electron chi connectivity index (χ0n) is 8.74. The van der Waals surface area contributed by atoms with E-state index in [0.29, 0.717) is 6.54 Å². The van der Waals surface area contributed by atoms with E-state index in [4.69, 9.17) is 16.3 Å². The van der Waals surface area contributed by atoms with E-state index in [1.165, 1.54) is 18.1 Å². The van der Waals surface area contributed by atoms with E-state index in [1.807, 2.05) is 0 Å². The van der Waals surface area contributed by atoms with Crippen molar-refractivity contribution in [2.75, 3.05) is 18.6 Å². The third kappa shape index (κ3) is 1.85. The van der Waals surface area contributed by atoms with Crippen LogP contribution in [0.25, 0.3) is 0 Å². The van der Waals surface area contributed by atoms with Crippen LogP contribution in [0.1, 0.15) is 6.42 Å². The van der Waals surface area contributed by atoms with Crippen molar-refractivity contribution >= 4 is 23.2 Å². The molecule has 0 aliphatic carbocycles. The molecule has 1 heterocycles. The molecule has 1 aromatic carbocycles. The molecule has 2 rings (SSSR count). The SMILES string of the molecule is COc1cccc(N2CC(Cl)CC2=O)c1F. The standard InChI is InChI=1S/C11H11ClFNO2/c1-16-9-4-2-3-8(11(9)13)14-6-7(12)5-10(14)15/h2-4,7H,5-6H2,1H3. The van der Waals surface area contributed by atoms with Gasteiger partial charge in [0.25, 0.3) is 0 Å². The second-order valence-corrected chi connectivity index (χ2v) is 4.22. The van der Waals surface area contributed by atoms with Gasteiger partial charge in [-0.25, -0.2) is 4.39 Å². The molecule has 0 saturated carbocycles. The van der Waals surface area contributed by atoms with Crippen LogP contribution in [0.3, 0.4) is 0 Å². The minimum atomic E-state index is -0.524. The number of halogens is 2. The van der Waals surface area contributed by atoms with E-state index in [-0.39, 0.29) is 29.1 Å². The van der Waals surface area contributed by atoms with E-state index in [2.05, 4.69) is 0 Å². The Morgan fingerprint density at radius 1 is 1.56 bits per heavy atom. The summed E-state index contributed by atoms with van der Waals surface area (Å²) in [7, 11) is 1.39. The lowest BCUT2D eigenvalue weighted by Crippen LogP contribution is -2.25. The summed E-state index contributed by atoms with van der Waals surface area (Å²) in [6.45, 7) is 0.338. The predicted molar refractivity (Wildman–Crippen MR) is 59.6 cm³/mol. The molecule has 1 saturated heterocycles. The Labute approximate surface area is 97.8 Å². The van der Waals surface area contributed by atoms with E-state index >= 15 is 0 Å². The lowest BCUT2D eigenvalue weighted by molar-refractivity contribution is -0.117. The highest BCUT2D eigenvalue weighted by molar-refractivity contribution is 6.24. The zero-order valence-corrected chi connectivity index (χ0v) is 9.50. The molecule has 3 nitrogen and oxygen atoms in total.